The first-order valence-electron chi connectivity index (χ1n) is 14.3. The summed E-state index contributed by atoms with van der Waals surface area (Å²) in [7, 11) is -2.46. The molecule has 0 radical (unpaired) electrons. The summed E-state index contributed by atoms with van der Waals surface area (Å²) in [4.78, 5) is 17.3. The van der Waals surface area contributed by atoms with Gasteiger partial charge in [0, 0.05) is 17.3 Å². The number of carbonyl (C=O) groups excluding carboxylic acids is 1. The Kier molecular flexibility index (Phi) is 8.08. The highest BCUT2D eigenvalue weighted by Gasteiger charge is 2.18. The fraction of sp³-hybridized carbons (Fsp3) is 0.0541. The zero-order valence-corrected chi connectivity index (χ0v) is 25.8. The van der Waals surface area contributed by atoms with Gasteiger partial charge in [0.05, 0.1) is 29.5 Å². The Labute approximate surface area is 266 Å². The molecule has 46 heavy (non-hydrogen) atoms. The molecule has 0 saturated carbocycles. The summed E-state index contributed by atoms with van der Waals surface area (Å²) in [5, 5.41) is 13.8. The number of ether oxygens (including phenoxy) is 1. The lowest BCUT2D eigenvalue weighted by Crippen LogP contribution is -2.11. The van der Waals surface area contributed by atoms with E-state index >= 15 is 0 Å². The van der Waals surface area contributed by atoms with Gasteiger partial charge in [-0.3, -0.25) is 9.79 Å². The van der Waals surface area contributed by atoms with E-state index < -0.39 is 15.9 Å². The van der Waals surface area contributed by atoms with Crippen LogP contribution < -0.4 is 10.5 Å². The van der Waals surface area contributed by atoms with Gasteiger partial charge in [0.25, 0.3) is 15.9 Å². The second kappa shape index (κ2) is 12.3. The van der Waals surface area contributed by atoms with Crippen molar-refractivity contribution in [3.8, 4) is 22.6 Å². The minimum absolute atomic E-state index is 0.0635. The molecule has 0 aliphatic heterocycles. The molecule has 6 aromatic rings. The molecule has 0 saturated heterocycles. The van der Waals surface area contributed by atoms with Crippen LogP contribution in [-0.2, 0) is 10.0 Å². The zero-order valence-electron chi connectivity index (χ0n) is 25.0. The number of hydrogen-bond donors (Lipinski definition) is 2. The average molecular weight is 628 g/mol. The van der Waals surface area contributed by atoms with E-state index in [0.29, 0.717) is 33.5 Å². The standard InChI is InChI=1S/C37H29N3O5S/c1-23-11-15-26(16-12-23)46(43,44)40-22-33-29-10-6-5-9-28(29)30(20-36(33)45-2)25-13-17-34(31(19-25)37(38)42)39-21-32-27-8-4-3-7-24(27)14-18-35(32)41/h3-22,41H,1-2H3,(H2,38,42). The van der Waals surface area contributed by atoms with Crippen LogP contribution in [0.25, 0.3) is 32.7 Å². The Balaban J connectivity index is 1.43. The third-order valence-electron chi connectivity index (χ3n) is 7.76. The van der Waals surface area contributed by atoms with Crippen LogP contribution in [0.1, 0.15) is 27.0 Å². The van der Waals surface area contributed by atoms with Crippen LogP contribution >= 0.6 is 0 Å². The number of methoxy groups -OCH3 is 1. The largest absolute Gasteiger partial charge is 0.507 e. The predicted octanol–water partition coefficient (Wildman–Crippen LogP) is 7.34. The second-order valence-corrected chi connectivity index (χ2v) is 12.3. The molecule has 0 atom stereocenters. The van der Waals surface area contributed by atoms with Crippen molar-refractivity contribution in [2.24, 2.45) is 15.1 Å². The Morgan fingerprint density at radius 1 is 0.804 bits per heavy atom. The van der Waals surface area contributed by atoms with Crippen LogP contribution in [0.5, 0.6) is 11.5 Å². The number of phenolic OH excluding ortho intramolecular Hbond substituents is 1. The van der Waals surface area contributed by atoms with Gasteiger partial charge >= 0.3 is 0 Å². The molecule has 8 nitrogen and oxygen atoms in total. The molecule has 0 spiro atoms. The third-order valence-corrected chi connectivity index (χ3v) is 9.01. The highest BCUT2D eigenvalue weighted by atomic mass is 32.2. The topological polar surface area (TPSA) is 131 Å². The lowest BCUT2D eigenvalue weighted by Gasteiger charge is -2.15. The van der Waals surface area contributed by atoms with E-state index in [-0.39, 0.29) is 16.2 Å². The minimum atomic E-state index is -3.96. The fourth-order valence-electron chi connectivity index (χ4n) is 5.37. The van der Waals surface area contributed by atoms with Gasteiger partial charge in [0.2, 0.25) is 0 Å². The van der Waals surface area contributed by atoms with Crippen molar-refractivity contribution >= 4 is 55.6 Å². The number of primary amides is 1. The van der Waals surface area contributed by atoms with Crippen LogP contribution in [0.15, 0.2) is 123 Å². The molecule has 3 N–H and O–H groups in total. The smallest absolute Gasteiger partial charge is 0.282 e. The molecule has 0 aromatic heterocycles. The van der Waals surface area contributed by atoms with E-state index in [4.69, 9.17) is 10.5 Å². The number of nitrogens with two attached hydrogens (primary N) is 1. The summed E-state index contributed by atoms with van der Waals surface area (Å²) in [6.45, 7) is 1.88. The van der Waals surface area contributed by atoms with E-state index in [1.807, 2.05) is 67.6 Å². The number of nitrogens with zero attached hydrogens (tertiary/aromatic N) is 2. The quantitative estimate of drug-likeness (QED) is 0.171. The van der Waals surface area contributed by atoms with Gasteiger partial charge in [0.1, 0.15) is 11.5 Å². The van der Waals surface area contributed by atoms with Crippen molar-refractivity contribution in [3.05, 3.63) is 131 Å². The summed E-state index contributed by atoms with van der Waals surface area (Å²) in [5.41, 5.74) is 9.70. The average Bonchev–Trinajstić information content (AvgIpc) is 3.06. The van der Waals surface area contributed by atoms with E-state index in [9.17, 15) is 18.3 Å². The first-order valence-corrected chi connectivity index (χ1v) is 15.8. The fourth-order valence-corrected chi connectivity index (χ4v) is 6.22. The van der Waals surface area contributed by atoms with Gasteiger partial charge in [-0.15, -0.1) is 0 Å². The van der Waals surface area contributed by atoms with Crippen molar-refractivity contribution in [1.82, 2.24) is 0 Å². The molecular formula is C37H29N3O5S. The molecule has 0 bridgehead atoms. The SMILES string of the molecule is COc1cc(-c2ccc(N=Cc3c(O)ccc4ccccc34)c(C(N)=O)c2)c2ccccc2c1C=NS(=O)(=O)c1ccc(C)cc1. The zero-order chi connectivity index (χ0) is 32.4. The Hall–Kier alpha value is -5.80. The predicted molar refractivity (Wildman–Crippen MR) is 183 cm³/mol. The summed E-state index contributed by atoms with van der Waals surface area (Å²) < 4.78 is 35.7. The summed E-state index contributed by atoms with van der Waals surface area (Å²) >= 11 is 0. The number of fused-ring (bicyclic) bond motifs is 2. The van der Waals surface area contributed by atoms with Crippen LogP contribution in [0.2, 0.25) is 0 Å². The minimum Gasteiger partial charge on any atom is -0.507 e. The molecule has 0 aliphatic carbocycles. The number of rotatable bonds is 8. The number of sulfonamides is 1. The number of aryl methyl sites for hydroxylation is 1. The van der Waals surface area contributed by atoms with Gasteiger partial charge < -0.3 is 15.6 Å². The van der Waals surface area contributed by atoms with Crippen molar-refractivity contribution in [2.75, 3.05) is 7.11 Å². The molecule has 228 valence electrons. The maximum atomic E-state index is 13.0. The first kappa shape index (κ1) is 30.2. The molecule has 6 aromatic carbocycles. The maximum absolute atomic E-state index is 13.0. The highest BCUT2D eigenvalue weighted by molar-refractivity contribution is 7.90. The van der Waals surface area contributed by atoms with Gasteiger partial charge in [-0.05, 0) is 76.0 Å². The molecule has 1 amide bonds. The Morgan fingerprint density at radius 3 is 2.22 bits per heavy atom. The molecule has 6 rings (SSSR count). The summed E-state index contributed by atoms with van der Waals surface area (Å²) in [6, 6.07) is 31.9. The normalized spacial score (nSPS) is 12.0. The number of carbonyl (C=O) groups is 1. The van der Waals surface area contributed by atoms with Crippen LogP contribution in [0.4, 0.5) is 5.69 Å². The lowest BCUT2D eigenvalue weighted by molar-refractivity contribution is 0.100. The Morgan fingerprint density at radius 2 is 1.50 bits per heavy atom. The van der Waals surface area contributed by atoms with Gasteiger partial charge in [-0.1, -0.05) is 78.4 Å². The monoisotopic (exact) mass is 627 g/mol. The number of phenols is 1. The van der Waals surface area contributed by atoms with Crippen LogP contribution in [0, 0.1) is 6.92 Å². The molecule has 0 aliphatic rings. The maximum Gasteiger partial charge on any atom is 0.282 e. The van der Waals surface area contributed by atoms with Crippen LogP contribution in [0.3, 0.4) is 0 Å². The molecule has 0 fully saturated rings. The molecule has 9 heteroatoms. The number of aliphatic imine (C=N–C) groups is 1. The molecule has 0 heterocycles. The van der Waals surface area contributed by atoms with E-state index in [1.54, 1.807) is 36.4 Å². The van der Waals surface area contributed by atoms with Gasteiger partial charge in [-0.2, -0.15) is 12.8 Å². The second-order valence-electron chi connectivity index (χ2n) is 10.7. The first-order chi connectivity index (χ1) is 22.2. The Bertz CT molecular complexity index is 2310. The molecule has 0 unspecified atom stereocenters. The number of aromatic hydroxyl groups is 1. The highest BCUT2D eigenvalue weighted by Crippen LogP contribution is 2.38. The van der Waals surface area contributed by atoms with Crippen molar-refractivity contribution in [3.63, 3.8) is 0 Å². The van der Waals surface area contributed by atoms with E-state index in [1.165, 1.54) is 31.7 Å². The van der Waals surface area contributed by atoms with Gasteiger partial charge in [0.15, 0.2) is 0 Å². The van der Waals surface area contributed by atoms with Crippen molar-refractivity contribution in [1.29, 1.82) is 0 Å². The van der Waals surface area contributed by atoms with Crippen molar-refractivity contribution in [2.45, 2.75) is 11.8 Å². The number of hydrogen-bond acceptors (Lipinski definition) is 6. The lowest BCUT2D eigenvalue weighted by atomic mass is 9.93. The summed E-state index contributed by atoms with van der Waals surface area (Å²) in [6.07, 6.45) is 2.83. The molecular weight excluding hydrogens is 598 g/mol. The third kappa shape index (κ3) is 5.83. The van der Waals surface area contributed by atoms with Crippen LogP contribution in [-0.4, -0.2) is 39.0 Å². The van der Waals surface area contributed by atoms with Gasteiger partial charge in [-0.25, -0.2) is 0 Å². The summed E-state index contributed by atoms with van der Waals surface area (Å²) in [5.74, 6) is -0.211. The van der Waals surface area contributed by atoms with E-state index in [2.05, 4.69) is 9.39 Å². The van der Waals surface area contributed by atoms with Crippen molar-refractivity contribution < 1.29 is 23.1 Å². The van der Waals surface area contributed by atoms with E-state index in [0.717, 1.165) is 27.3 Å². The number of amides is 1. The number of benzene rings is 6.